The lowest BCUT2D eigenvalue weighted by atomic mass is 10.1. The fraction of sp³-hybridized carbons (Fsp3) is 0.450. The average Bonchev–Trinajstić information content (AvgIpc) is 3.30. The molecule has 0 radical (unpaired) electrons. The number of carbonyl (C=O) groups excluding carboxylic acids is 3. The number of ether oxygens (including phenoxy) is 4. The maximum Gasteiger partial charge on any atom is 0.303 e. The highest BCUT2D eigenvalue weighted by atomic mass is 32.2. The van der Waals surface area contributed by atoms with Gasteiger partial charge in [0.05, 0.1) is 0 Å². The van der Waals surface area contributed by atoms with Crippen LogP contribution in [0, 0.1) is 0 Å². The molecule has 0 saturated carbocycles. The minimum Gasteiger partial charge on any atom is -0.463 e. The van der Waals surface area contributed by atoms with E-state index in [0.717, 1.165) is 5.56 Å². The Bertz CT molecular complexity index is 921. The zero-order chi connectivity index (χ0) is 22.4. The third kappa shape index (κ3) is 6.28. The number of nitrogens with zero attached hydrogens (tertiary/aromatic N) is 3. The van der Waals surface area contributed by atoms with Crippen LogP contribution in [0.3, 0.4) is 0 Å². The second-order valence-corrected chi connectivity index (χ2v) is 7.74. The Morgan fingerprint density at radius 1 is 1.03 bits per heavy atom. The summed E-state index contributed by atoms with van der Waals surface area (Å²) < 4.78 is 23.1. The van der Waals surface area contributed by atoms with Gasteiger partial charge in [0.15, 0.2) is 18.4 Å². The highest BCUT2D eigenvalue weighted by Gasteiger charge is 2.51. The van der Waals surface area contributed by atoms with Crippen LogP contribution in [0.25, 0.3) is 0 Å². The van der Waals surface area contributed by atoms with Gasteiger partial charge in [0, 0.05) is 26.5 Å². The fourth-order valence-electron chi connectivity index (χ4n) is 3.08. The minimum atomic E-state index is -0.990. The molecule has 1 aliphatic heterocycles. The van der Waals surface area contributed by atoms with Crippen LogP contribution in [0.1, 0.15) is 32.6 Å². The van der Waals surface area contributed by atoms with Crippen molar-refractivity contribution >= 4 is 29.7 Å². The molecule has 2 aromatic rings. The molecule has 2 heterocycles. The van der Waals surface area contributed by atoms with Crippen LogP contribution in [0.15, 0.2) is 41.8 Å². The molecular formula is C20H23N3O7S. The van der Waals surface area contributed by atoms with Crippen molar-refractivity contribution in [1.29, 1.82) is 0 Å². The first-order valence-electron chi connectivity index (χ1n) is 9.54. The van der Waals surface area contributed by atoms with Gasteiger partial charge in [-0.1, -0.05) is 42.1 Å². The van der Waals surface area contributed by atoms with E-state index in [2.05, 4.69) is 10.1 Å². The molecule has 0 N–H and O–H groups in total. The Hall–Kier alpha value is -2.92. The Kier molecular flexibility index (Phi) is 7.64. The minimum absolute atomic E-state index is 0.175. The van der Waals surface area contributed by atoms with Gasteiger partial charge in [0.25, 0.3) is 0 Å². The smallest absolute Gasteiger partial charge is 0.303 e. The Balaban J connectivity index is 1.78. The molecule has 1 aliphatic rings. The number of thioether (sulfide) groups is 1. The van der Waals surface area contributed by atoms with E-state index >= 15 is 0 Å². The van der Waals surface area contributed by atoms with E-state index in [9.17, 15) is 14.4 Å². The first-order chi connectivity index (χ1) is 14.8. The predicted molar refractivity (Wildman–Crippen MR) is 108 cm³/mol. The van der Waals surface area contributed by atoms with Crippen molar-refractivity contribution < 1.29 is 33.3 Å². The molecule has 31 heavy (non-hydrogen) atoms. The van der Waals surface area contributed by atoms with Crippen LogP contribution in [0.5, 0.6) is 0 Å². The van der Waals surface area contributed by atoms with Gasteiger partial charge in [0.1, 0.15) is 19.0 Å². The van der Waals surface area contributed by atoms with Crippen molar-refractivity contribution in [2.75, 3.05) is 6.61 Å². The molecule has 4 atom stereocenters. The van der Waals surface area contributed by atoms with Crippen molar-refractivity contribution in [2.24, 2.45) is 0 Å². The molecule has 166 valence electrons. The Morgan fingerprint density at radius 2 is 1.71 bits per heavy atom. The maximum absolute atomic E-state index is 11.7. The van der Waals surface area contributed by atoms with Gasteiger partial charge < -0.3 is 18.9 Å². The summed E-state index contributed by atoms with van der Waals surface area (Å²) in [4.78, 5) is 38.8. The lowest BCUT2D eigenvalue weighted by Gasteiger charge is -2.23. The van der Waals surface area contributed by atoms with Gasteiger partial charge in [0.2, 0.25) is 5.16 Å². The van der Waals surface area contributed by atoms with Crippen molar-refractivity contribution in [1.82, 2.24) is 14.8 Å². The van der Waals surface area contributed by atoms with E-state index in [4.69, 9.17) is 18.9 Å². The quantitative estimate of drug-likeness (QED) is 0.336. The Labute approximate surface area is 183 Å². The molecule has 1 saturated heterocycles. The molecule has 1 aromatic heterocycles. The van der Waals surface area contributed by atoms with Crippen LogP contribution in [0.4, 0.5) is 0 Å². The second kappa shape index (κ2) is 10.4. The molecule has 10 nitrogen and oxygen atoms in total. The monoisotopic (exact) mass is 449 g/mol. The third-order valence-electron chi connectivity index (χ3n) is 4.30. The summed E-state index contributed by atoms with van der Waals surface area (Å²) in [6.07, 6.45) is -2.27. The molecule has 3 rings (SSSR count). The number of esters is 3. The van der Waals surface area contributed by atoms with Crippen LogP contribution in [-0.2, 0) is 39.1 Å². The summed E-state index contributed by atoms with van der Waals surface area (Å²) in [5, 5.41) is 4.91. The van der Waals surface area contributed by atoms with E-state index in [1.165, 1.54) is 43.5 Å². The van der Waals surface area contributed by atoms with Crippen LogP contribution in [0.2, 0.25) is 0 Å². The van der Waals surface area contributed by atoms with Gasteiger partial charge in [-0.25, -0.2) is 9.67 Å². The number of hydrogen-bond donors (Lipinski definition) is 0. The van der Waals surface area contributed by atoms with Gasteiger partial charge in [-0.15, -0.1) is 5.10 Å². The maximum atomic E-state index is 11.7. The van der Waals surface area contributed by atoms with E-state index in [-0.39, 0.29) is 6.61 Å². The van der Waals surface area contributed by atoms with Crippen LogP contribution < -0.4 is 0 Å². The number of carbonyl (C=O) groups is 3. The van der Waals surface area contributed by atoms with Crippen molar-refractivity contribution in [3.63, 3.8) is 0 Å². The van der Waals surface area contributed by atoms with Crippen LogP contribution >= 0.6 is 11.8 Å². The molecule has 0 amide bonds. The second-order valence-electron chi connectivity index (χ2n) is 6.80. The largest absolute Gasteiger partial charge is 0.463 e. The topological polar surface area (TPSA) is 119 Å². The first-order valence-corrected chi connectivity index (χ1v) is 10.5. The summed E-state index contributed by atoms with van der Waals surface area (Å²) in [7, 11) is 0. The number of aromatic nitrogens is 3. The highest BCUT2D eigenvalue weighted by Crippen LogP contribution is 2.34. The molecule has 0 unspecified atom stereocenters. The predicted octanol–water partition coefficient (Wildman–Crippen LogP) is 1.89. The van der Waals surface area contributed by atoms with Gasteiger partial charge in [-0.3, -0.25) is 14.4 Å². The molecule has 0 bridgehead atoms. The highest BCUT2D eigenvalue weighted by molar-refractivity contribution is 7.98. The van der Waals surface area contributed by atoms with E-state index in [1.54, 1.807) is 0 Å². The molecule has 1 aromatic carbocycles. The molecule has 0 aliphatic carbocycles. The zero-order valence-corrected chi connectivity index (χ0v) is 18.1. The van der Waals surface area contributed by atoms with E-state index < -0.39 is 42.4 Å². The summed E-state index contributed by atoms with van der Waals surface area (Å²) in [6, 6.07) is 9.86. The molecule has 11 heteroatoms. The summed E-state index contributed by atoms with van der Waals surface area (Å²) in [6.45, 7) is 3.55. The number of hydrogen-bond acceptors (Lipinski definition) is 10. The fourth-order valence-corrected chi connectivity index (χ4v) is 3.84. The van der Waals surface area contributed by atoms with Crippen molar-refractivity contribution in [3.8, 4) is 0 Å². The standard InChI is InChI=1S/C20H23N3O7S/c1-12(24)27-9-16-17(28-13(2)25)18(29-14(3)26)19(30-16)23-11-21-20(22-23)31-10-15-7-5-4-6-8-15/h4-8,11,16-19H,9-10H2,1-3H3/t16-,17-,18-,19-/m1/s1. The van der Waals surface area contributed by atoms with Gasteiger partial charge >= 0.3 is 17.9 Å². The summed E-state index contributed by atoms with van der Waals surface area (Å²) in [5.74, 6) is -1.01. The lowest BCUT2D eigenvalue weighted by molar-refractivity contribution is -0.166. The SMILES string of the molecule is CC(=O)OC[C@H]1O[C@@H](n2cnc(SCc3ccccc3)n2)[C@H](OC(C)=O)[C@@H]1OC(C)=O. The molecule has 1 fully saturated rings. The van der Waals surface area contributed by atoms with E-state index in [1.807, 2.05) is 30.3 Å². The lowest BCUT2D eigenvalue weighted by Crippen LogP contribution is -2.40. The summed E-state index contributed by atoms with van der Waals surface area (Å²) in [5.41, 5.74) is 1.12. The van der Waals surface area contributed by atoms with Gasteiger partial charge in [-0.05, 0) is 5.56 Å². The zero-order valence-electron chi connectivity index (χ0n) is 17.3. The normalized spacial score (nSPS) is 22.7. The van der Waals surface area contributed by atoms with E-state index in [0.29, 0.717) is 10.9 Å². The summed E-state index contributed by atoms with van der Waals surface area (Å²) >= 11 is 1.43. The number of rotatable bonds is 8. The first kappa shape index (κ1) is 22.8. The average molecular weight is 449 g/mol. The van der Waals surface area contributed by atoms with Crippen molar-refractivity contribution in [3.05, 3.63) is 42.2 Å². The van der Waals surface area contributed by atoms with Gasteiger partial charge in [-0.2, -0.15) is 0 Å². The molecular weight excluding hydrogens is 426 g/mol. The molecule has 0 spiro atoms. The Morgan fingerprint density at radius 3 is 2.35 bits per heavy atom. The van der Waals surface area contributed by atoms with Crippen LogP contribution in [-0.4, -0.2) is 57.6 Å². The number of benzene rings is 1. The van der Waals surface area contributed by atoms with Crippen molar-refractivity contribution in [2.45, 2.75) is 56.2 Å². The third-order valence-corrected chi connectivity index (χ3v) is 5.22.